The van der Waals surface area contributed by atoms with Crippen molar-refractivity contribution in [3.63, 3.8) is 0 Å². The van der Waals surface area contributed by atoms with Crippen LogP contribution in [0.15, 0.2) is 36.5 Å². The van der Waals surface area contributed by atoms with Crippen LogP contribution in [0.1, 0.15) is 61.1 Å². The van der Waals surface area contributed by atoms with Crippen LogP contribution in [0.25, 0.3) is 0 Å². The average molecular weight is 459 g/mol. The van der Waals surface area contributed by atoms with E-state index in [9.17, 15) is 14.0 Å². The van der Waals surface area contributed by atoms with Gasteiger partial charge < -0.3 is 20.7 Å². The molecule has 1 aliphatic heterocycles. The average Bonchev–Trinajstić information content (AvgIpc) is 3.19. The van der Waals surface area contributed by atoms with Crippen molar-refractivity contribution < 1.29 is 18.7 Å². The van der Waals surface area contributed by atoms with Crippen LogP contribution in [0.2, 0.25) is 0 Å². The number of carbonyl (C=O) groups excluding carboxylic acids is 2. The Morgan fingerprint density at radius 3 is 2.64 bits per heavy atom. The van der Waals surface area contributed by atoms with Gasteiger partial charge in [0.05, 0.1) is 6.10 Å². The second kappa shape index (κ2) is 13.0. The van der Waals surface area contributed by atoms with Crippen LogP contribution in [0, 0.1) is 12.7 Å². The second-order valence-electron chi connectivity index (χ2n) is 7.84. The van der Waals surface area contributed by atoms with E-state index in [1.54, 1.807) is 18.2 Å². The van der Waals surface area contributed by atoms with Crippen LogP contribution in [-0.2, 0) is 9.53 Å². The third-order valence-corrected chi connectivity index (χ3v) is 5.37. The number of aromatic nitrogens is 1. The molecule has 1 aromatic heterocycles. The molecule has 1 saturated heterocycles. The van der Waals surface area contributed by atoms with Gasteiger partial charge in [-0.15, -0.1) is 0 Å². The third-order valence-electron chi connectivity index (χ3n) is 5.37. The Morgan fingerprint density at radius 1 is 1.18 bits per heavy atom. The maximum absolute atomic E-state index is 13.5. The first-order valence-corrected chi connectivity index (χ1v) is 11.5. The summed E-state index contributed by atoms with van der Waals surface area (Å²) in [6.07, 6.45) is 2.16. The number of ether oxygens (including phenoxy) is 1. The van der Waals surface area contributed by atoms with Crippen LogP contribution >= 0.6 is 0 Å². The number of hydrogen-bond acceptors (Lipinski definition) is 5. The number of carbonyl (C=O) groups is 2. The number of rotatable bonds is 8. The quantitative estimate of drug-likeness (QED) is 0.524. The highest BCUT2D eigenvalue weighted by Gasteiger charge is 2.39. The molecule has 0 spiro atoms. The van der Waals surface area contributed by atoms with Crippen molar-refractivity contribution in [2.45, 2.75) is 58.7 Å². The lowest BCUT2D eigenvalue weighted by Crippen LogP contribution is -2.32. The van der Waals surface area contributed by atoms with E-state index in [2.05, 4.69) is 20.9 Å². The SMILES string of the molecule is CC.CNCCCNC(=O)c1cc(NC(=O)C2OC(C)CC2c2ccc(F)cc2C)ccn1. The zero-order chi connectivity index (χ0) is 24.4. The molecular weight excluding hydrogens is 423 g/mol. The van der Waals surface area contributed by atoms with Gasteiger partial charge in [-0.1, -0.05) is 19.9 Å². The fourth-order valence-corrected chi connectivity index (χ4v) is 3.88. The van der Waals surface area contributed by atoms with Gasteiger partial charge in [0.15, 0.2) is 0 Å². The Hall–Kier alpha value is -2.84. The van der Waals surface area contributed by atoms with Crippen LogP contribution in [0.3, 0.4) is 0 Å². The minimum Gasteiger partial charge on any atom is -0.365 e. The zero-order valence-corrected chi connectivity index (χ0v) is 20.1. The minimum absolute atomic E-state index is 0.0957. The van der Waals surface area contributed by atoms with Crippen LogP contribution in [0.4, 0.5) is 10.1 Å². The summed E-state index contributed by atoms with van der Waals surface area (Å²) in [6.45, 7) is 9.09. The summed E-state index contributed by atoms with van der Waals surface area (Å²) in [6, 6.07) is 7.77. The molecule has 2 aromatic rings. The molecule has 8 heteroatoms. The van der Waals surface area contributed by atoms with Crippen LogP contribution in [0.5, 0.6) is 0 Å². The molecule has 0 saturated carbocycles. The summed E-state index contributed by atoms with van der Waals surface area (Å²) in [7, 11) is 1.85. The number of nitrogens with zero attached hydrogens (tertiary/aromatic N) is 1. The number of pyridine rings is 1. The maximum Gasteiger partial charge on any atom is 0.269 e. The molecular formula is C25H35FN4O3. The summed E-state index contributed by atoms with van der Waals surface area (Å²) >= 11 is 0. The number of hydrogen-bond donors (Lipinski definition) is 3. The molecule has 0 aliphatic carbocycles. The largest absolute Gasteiger partial charge is 0.365 e. The molecule has 3 rings (SSSR count). The van der Waals surface area contributed by atoms with E-state index in [0.717, 1.165) is 24.1 Å². The number of amides is 2. The van der Waals surface area contributed by atoms with Gasteiger partial charge in [0.2, 0.25) is 0 Å². The highest BCUT2D eigenvalue weighted by atomic mass is 19.1. The Balaban J connectivity index is 0.00000187. The summed E-state index contributed by atoms with van der Waals surface area (Å²) in [4.78, 5) is 29.4. The van der Waals surface area contributed by atoms with Crippen molar-refractivity contribution in [3.8, 4) is 0 Å². The molecule has 0 radical (unpaired) electrons. The summed E-state index contributed by atoms with van der Waals surface area (Å²) in [5.74, 6) is -1.07. The number of aryl methyl sites for hydroxylation is 1. The number of nitrogens with one attached hydrogen (secondary N) is 3. The van der Waals surface area contributed by atoms with Gasteiger partial charge in [0, 0.05) is 24.3 Å². The number of anilines is 1. The van der Waals surface area contributed by atoms with E-state index in [-0.39, 0.29) is 35.3 Å². The number of benzene rings is 1. The predicted molar refractivity (Wildman–Crippen MR) is 128 cm³/mol. The van der Waals surface area contributed by atoms with Gasteiger partial charge >= 0.3 is 0 Å². The van der Waals surface area contributed by atoms with Crippen molar-refractivity contribution in [3.05, 3.63) is 59.2 Å². The monoisotopic (exact) mass is 458 g/mol. The third kappa shape index (κ3) is 7.33. The summed E-state index contributed by atoms with van der Waals surface area (Å²) in [5, 5.41) is 8.66. The van der Waals surface area contributed by atoms with Gasteiger partial charge in [-0.25, -0.2) is 4.39 Å². The Bertz CT molecular complexity index is 938. The Morgan fingerprint density at radius 2 is 1.94 bits per heavy atom. The molecule has 2 heterocycles. The van der Waals surface area contributed by atoms with E-state index < -0.39 is 6.10 Å². The fraction of sp³-hybridized carbons (Fsp3) is 0.480. The molecule has 3 atom stereocenters. The van der Waals surface area contributed by atoms with Crippen molar-refractivity contribution in [2.75, 3.05) is 25.5 Å². The van der Waals surface area contributed by atoms with Crippen molar-refractivity contribution >= 4 is 17.5 Å². The molecule has 33 heavy (non-hydrogen) atoms. The molecule has 7 nitrogen and oxygen atoms in total. The van der Waals surface area contributed by atoms with Crippen molar-refractivity contribution in [2.24, 2.45) is 0 Å². The maximum atomic E-state index is 13.5. The second-order valence-corrected chi connectivity index (χ2v) is 7.84. The normalized spacial score (nSPS) is 19.4. The molecule has 1 aliphatic rings. The first kappa shape index (κ1) is 26.4. The fourth-order valence-electron chi connectivity index (χ4n) is 3.88. The van der Waals surface area contributed by atoms with Gasteiger partial charge in [-0.3, -0.25) is 14.6 Å². The molecule has 180 valence electrons. The van der Waals surface area contributed by atoms with Crippen LogP contribution in [-0.4, -0.2) is 49.1 Å². The highest BCUT2D eigenvalue weighted by molar-refractivity contribution is 5.97. The Kier molecular flexibility index (Phi) is 10.4. The summed E-state index contributed by atoms with van der Waals surface area (Å²) < 4.78 is 19.4. The van der Waals surface area contributed by atoms with E-state index in [1.807, 2.05) is 34.7 Å². The zero-order valence-electron chi connectivity index (χ0n) is 20.1. The first-order chi connectivity index (χ1) is 15.9. The van der Waals surface area contributed by atoms with Crippen LogP contribution < -0.4 is 16.0 Å². The summed E-state index contributed by atoms with van der Waals surface area (Å²) in [5.41, 5.74) is 2.40. The Labute approximate surface area is 195 Å². The van der Waals surface area contributed by atoms with Gasteiger partial charge in [0.25, 0.3) is 11.8 Å². The molecule has 3 N–H and O–H groups in total. The minimum atomic E-state index is -0.703. The van der Waals surface area contributed by atoms with E-state index in [4.69, 9.17) is 4.74 Å². The van der Waals surface area contributed by atoms with Gasteiger partial charge in [-0.05, 0) is 75.7 Å². The molecule has 2 amide bonds. The highest BCUT2D eigenvalue weighted by Crippen LogP contribution is 2.37. The van der Waals surface area contributed by atoms with Crippen molar-refractivity contribution in [1.82, 2.24) is 15.6 Å². The van der Waals surface area contributed by atoms with E-state index >= 15 is 0 Å². The molecule has 0 bridgehead atoms. The van der Waals surface area contributed by atoms with Crippen molar-refractivity contribution in [1.29, 1.82) is 0 Å². The number of halogens is 1. The molecule has 3 unspecified atom stereocenters. The lowest BCUT2D eigenvalue weighted by molar-refractivity contribution is -0.126. The van der Waals surface area contributed by atoms with Gasteiger partial charge in [0.1, 0.15) is 17.6 Å². The lowest BCUT2D eigenvalue weighted by Gasteiger charge is -2.20. The predicted octanol–water partition coefficient (Wildman–Crippen LogP) is 3.79. The van der Waals surface area contributed by atoms with E-state index in [0.29, 0.717) is 18.7 Å². The lowest BCUT2D eigenvalue weighted by atomic mass is 9.88. The molecule has 1 fully saturated rings. The smallest absolute Gasteiger partial charge is 0.269 e. The first-order valence-electron chi connectivity index (χ1n) is 11.5. The van der Waals surface area contributed by atoms with E-state index in [1.165, 1.54) is 18.3 Å². The van der Waals surface area contributed by atoms with Gasteiger partial charge in [-0.2, -0.15) is 0 Å². The standard InChI is InChI=1S/C23H29FN4O3.C2H6/c1-14-11-16(24)5-6-18(14)19-12-15(2)31-21(19)23(30)28-17-7-10-26-20(13-17)22(29)27-9-4-8-25-3;1-2/h5-7,10-11,13,15,19,21,25H,4,8-9,12H2,1-3H3,(H,27,29)(H,26,28,30);1-2H3. The topological polar surface area (TPSA) is 92.3 Å². The molecule has 1 aromatic carbocycles.